The Morgan fingerprint density at radius 2 is 1.57 bits per heavy atom. The van der Waals surface area contributed by atoms with E-state index in [9.17, 15) is 9.59 Å². The van der Waals surface area contributed by atoms with Crippen molar-refractivity contribution in [2.45, 2.75) is 71.6 Å². The highest BCUT2D eigenvalue weighted by Gasteiger charge is 2.48. The average molecular weight is 889 g/mol. The zero-order chi connectivity index (χ0) is 45.1. The summed E-state index contributed by atoms with van der Waals surface area (Å²) in [7, 11) is 3.10. The third-order valence-corrected chi connectivity index (χ3v) is 11.7. The summed E-state index contributed by atoms with van der Waals surface area (Å²) in [4.78, 5) is 42.2. The maximum atomic E-state index is 17.6. The third kappa shape index (κ3) is 8.13. The van der Waals surface area contributed by atoms with Gasteiger partial charge in [-0.1, -0.05) is 35.9 Å². The molecule has 0 N–H and O–H groups in total. The van der Waals surface area contributed by atoms with Crippen LogP contribution in [0, 0.1) is 12.7 Å². The summed E-state index contributed by atoms with van der Waals surface area (Å²) >= 11 is 7.01. The van der Waals surface area contributed by atoms with Gasteiger partial charge < -0.3 is 38.5 Å². The van der Waals surface area contributed by atoms with Gasteiger partial charge in [-0.05, 0) is 87.7 Å². The molecule has 2 aromatic heterocycles. The van der Waals surface area contributed by atoms with Crippen molar-refractivity contribution in [1.29, 1.82) is 0 Å². The number of carbonyl (C=O) groups excluding carboxylic acids is 2. The minimum atomic E-state index is -4.97. The molecule has 0 aliphatic carbocycles. The largest absolute Gasteiger partial charge is 0.497 e. The molecule has 12 nitrogen and oxygen atoms in total. The van der Waals surface area contributed by atoms with Crippen molar-refractivity contribution in [2.75, 3.05) is 55.2 Å². The fraction of sp³-hybridized carbons (Fsp3) is 0.370. The van der Waals surface area contributed by atoms with Gasteiger partial charge in [-0.2, -0.15) is 13.2 Å². The van der Waals surface area contributed by atoms with Crippen LogP contribution in [0.1, 0.15) is 49.9 Å². The second-order valence-electron chi connectivity index (χ2n) is 16.8. The fourth-order valence-electron chi connectivity index (χ4n) is 8.53. The lowest BCUT2D eigenvalue weighted by Crippen LogP contribution is -2.64. The molecule has 330 valence electrons. The van der Waals surface area contributed by atoms with Gasteiger partial charge in [-0.15, -0.1) is 0 Å². The second-order valence-corrected chi connectivity index (χ2v) is 17.2. The number of benzene rings is 3. The van der Waals surface area contributed by atoms with Gasteiger partial charge in [0.25, 0.3) is 0 Å². The quantitative estimate of drug-likeness (QED) is 0.110. The summed E-state index contributed by atoms with van der Waals surface area (Å²) in [5.74, 6) is 2.30. The van der Waals surface area contributed by atoms with Crippen molar-refractivity contribution in [1.82, 2.24) is 14.9 Å². The summed E-state index contributed by atoms with van der Waals surface area (Å²) < 4.78 is 85.7. The van der Waals surface area contributed by atoms with Crippen molar-refractivity contribution in [3.05, 3.63) is 99.5 Å². The molecule has 0 radical (unpaired) electrons. The Morgan fingerprint density at radius 1 is 0.952 bits per heavy atom. The maximum Gasteiger partial charge on any atom is 0.418 e. The van der Waals surface area contributed by atoms with E-state index in [1.54, 1.807) is 69.1 Å². The summed E-state index contributed by atoms with van der Waals surface area (Å²) in [6.07, 6.45) is -5.54. The Morgan fingerprint density at radius 3 is 2.13 bits per heavy atom. The summed E-state index contributed by atoms with van der Waals surface area (Å²) in [6, 6.07) is 16.0. The zero-order valence-corrected chi connectivity index (χ0v) is 36.4. The van der Waals surface area contributed by atoms with E-state index in [-0.39, 0.29) is 78.2 Å². The standard InChI is InChI=1S/C46H45ClF4N6O6/c1-25-18-35(54(21-27-8-12-29(60-6)13-9-27)22-28-10-14-30(61-7)15-11-28)52-40(37(25)46(49,50)51)36-32(47)19-31-39(38(36)48)53-43-42-41(31)57-20-26(2)56(44(59)63-45(3,4)5)23-33(57)34(24-58)55(42)16-17-62-43/h8-15,18-19,26,33H,16-17,20-23H2,1-7H3/t26-,33-/m1/s1. The van der Waals surface area contributed by atoms with Gasteiger partial charge in [-0.25, -0.2) is 23.9 Å². The van der Waals surface area contributed by atoms with E-state index >= 15 is 17.6 Å². The average Bonchev–Trinajstić information content (AvgIpc) is 3.22. The van der Waals surface area contributed by atoms with Gasteiger partial charge >= 0.3 is 12.3 Å². The van der Waals surface area contributed by atoms with Crippen LogP contribution in [-0.4, -0.2) is 85.0 Å². The van der Waals surface area contributed by atoms with Crippen LogP contribution in [-0.2, 0) is 28.8 Å². The Hall–Kier alpha value is -6.25. The van der Waals surface area contributed by atoms with E-state index in [2.05, 4.69) is 15.9 Å². The first-order valence-corrected chi connectivity index (χ1v) is 20.7. The van der Waals surface area contributed by atoms with Crippen LogP contribution < -0.4 is 28.9 Å². The van der Waals surface area contributed by atoms with Gasteiger partial charge in [0.15, 0.2) is 5.82 Å². The number of piperazine rings is 1. The minimum Gasteiger partial charge on any atom is -0.497 e. The second kappa shape index (κ2) is 16.5. The van der Waals surface area contributed by atoms with Crippen LogP contribution in [0.5, 0.6) is 17.4 Å². The number of aromatic nitrogens is 2. The molecule has 63 heavy (non-hydrogen) atoms. The molecule has 0 unspecified atom stereocenters. The third-order valence-electron chi connectivity index (χ3n) is 11.4. The number of ether oxygens (including phenoxy) is 4. The predicted molar refractivity (Wildman–Crippen MR) is 231 cm³/mol. The normalized spacial score (nSPS) is 17.1. The van der Waals surface area contributed by atoms with Gasteiger partial charge in [0.05, 0.1) is 60.9 Å². The molecule has 1 saturated heterocycles. The van der Waals surface area contributed by atoms with Crippen molar-refractivity contribution in [3.8, 4) is 28.6 Å². The first-order valence-electron chi connectivity index (χ1n) is 20.3. The summed E-state index contributed by atoms with van der Waals surface area (Å²) in [5, 5.41) is -0.174. The molecule has 8 rings (SSSR count). The number of aryl methyl sites for hydroxylation is 1. The number of anilines is 3. The van der Waals surface area contributed by atoms with Crippen LogP contribution in [0.15, 0.2) is 66.4 Å². The number of nitrogens with zero attached hydrogens (tertiary/aromatic N) is 6. The molecule has 2 atom stereocenters. The SMILES string of the molecule is COc1ccc(CN(Cc2ccc(OC)cc2)c2cc(C)c(C(F)(F)F)c(-c3c(Cl)cc4c5c6c(nc4c3F)OCCN6C(=C=O)[C@H]3CN(C(=O)OC(C)(C)C)[C@H](C)CN53)n2)cc1. The van der Waals surface area contributed by atoms with Gasteiger partial charge in [-0.3, -0.25) is 0 Å². The van der Waals surface area contributed by atoms with Crippen LogP contribution in [0.2, 0.25) is 5.02 Å². The van der Waals surface area contributed by atoms with Crippen molar-refractivity contribution in [3.63, 3.8) is 0 Å². The number of hydrogen-bond acceptors (Lipinski definition) is 11. The van der Waals surface area contributed by atoms with E-state index < -0.39 is 52.6 Å². The van der Waals surface area contributed by atoms with Gasteiger partial charge in [0.2, 0.25) is 5.88 Å². The van der Waals surface area contributed by atoms with Crippen molar-refractivity contribution >= 4 is 51.7 Å². The summed E-state index contributed by atoms with van der Waals surface area (Å²) in [5.41, 5.74) is -1.15. The lowest BCUT2D eigenvalue weighted by molar-refractivity contribution is -0.137. The van der Waals surface area contributed by atoms with Gasteiger partial charge in [0, 0.05) is 31.1 Å². The molecule has 5 aromatic rings. The Kier molecular flexibility index (Phi) is 11.3. The van der Waals surface area contributed by atoms with Crippen LogP contribution >= 0.6 is 11.6 Å². The Bertz CT molecular complexity index is 2600. The highest BCUT2D eigenvalue weighted by Crippen LogP contribution is 2.53. The lowest BCUT2D eigenvalue weighted by atomic mass is 9.94. The molecule has 3 aliphatic rings. The monoisotopic (exact) mass is 888 g/mol. The first-order chi connectivity index (χ1) is 29.9. The molecular weight excluding hydrogens is 844 g/mol. The number of hydrogen-bond donors (Lipinski definition) is 0. The van der Waals surface area contributed by atoms with Crippen LogP contribution in [0.4, 0.5) is 39.5 Å². The van der Waals surface area contributed by atoms with Gasteiger partial charge in [0.1, 0.15) is 52.4 Å². The first kappa shape index (κ1) is 43.4. The zero-order valence-electron chi connectivity index (χ0n) is 35.7. The fourth-order valence-corrected chi connectivity index (χ4v) is 8.81. The lowest BCUT2D eigenvalue weighted by Gasteiger charge is -2.52. The van der Waals surface area contributed by atoms with E-state index in [0.717, 1.165) is 11.1 Å². The predicted octanol–water partition coefficient (Wildman–Crippen LogP) is 9.38. The number of halogens is 5. The highest BCUT2D eigenvalue weighted by atomic mass is 35.5. The number of alkyl halides is 3. The molecule has 1 fully saturated rings. The van der Waals surface area contributed by atoms with Crippen LogP contribution in [0.3, 0.4) is 0 Å². The number of methoxy groups -OCH3 is 2. The Balaban J connectivity index is 1.30. The smallest absolute Gasteiger partial charge is 0.418 e. The van der Waals surface area contributed by atoms with Crippen molar-refractivity contribution < 1.29 is 46.1 Å². The van der Waals surface area contributed by atoms with E-state index in [1.165, 1.54) is 24.0 Å². The van der Waals surface area contributed by atoms with Crippen molar-refractivity contribution in [2.24, 2.45) is 0 Å². The molecule has 3 aliphatic heterocycles. The Labute approximate surface area is 366 Å². The maximum absolute atomic E-state index is 17.6. The number of fused-ring (bicyclic) bond motifs is 4. The number of pyridine rings is 2. The van der Waals surface area contributed by atoms with E-state index in [4.69, 9.17) is 30.5 Å². The highest BCUT2D eigenvalue weighted by molar-refractivity contribution is 6.34. The molecule has 5 heterocycles. The molecule has 3 aromatic carbocycles. The van der Waals surface area contributed by atoms with E-state index in [0.29, 0.717) is 22.9 Å². The molecule has 0 spiro atoms. The topological polar surface area (TPSA) is 110 Å². The number of carbonyl (C=O) groups is 1. The molecule has 1 amide bonds. The number of rotatable bonds is 8. The molecule has 17 heteroatoms. The molecular formula is C46H45ClF4N6O6. The minimum absolute atomic E-state index is 0.0246. The molecule has 0 bridgehead atoms. The van der Waals surface area contributed by atoms with Crippen LogP contribution in [0.25, 0.3) is 22.2 Å². The molecule has 0 saturated carbocycles. The number of amides is 1. The summed E-state index contributed by atoms with van der Waals surface area (Å²) in [6.45, 7) is 9.28. The van der Waals surface area contributed by atoms with E-state index in [1.807, 2.05) is 36.1 Å².